The Morgan fingerprint density at radius 3 is 2.39 bits per heavy atom. The van der Waals surface area contributed by atoms with Crippen molar-refractivity contribution in [3.8, 4) is 11.5 Å². The lowest BCUT2D eigenvalue weighted by atomic mass is 10.1. The number of pyridine rings is 1. The van der Waals surface area contributed by atoms with Crippen LogP contribution in [0.15, 0.2) is 30.5 Å². The highest BCUT2D eigenvalue weighted by Gasteiger charge is 2.28. The molecule has 0 unspecified atom stereocenters. The summed E-state index contributed by atoms with van der Waals surface area (Å²) in [5.41, 5.74) is -0.929. The van der Waals surface area contributed by atoms with Crippen molar-refractivity contribution in [1.82, 2.24) is 4.98 Å². The smallest absolute Gasteiger partial charge is 0.346 e. The SMILES string of the molecule is COc1cc(C(=O)O[C@H](C)C(=O)Nc2ccc(Cl)cn2)c([N+](=O)[O-])cc1OC. The molecule has 0 aliphatic rings. The van der Waals surface area contributed by atoms with Crippen molar-refractivity contribution >= 4 is 35.0 Å². The normalized spacial score (nSPS) is 11.3. The molecular weight excluding hydrogens is 394 g/mol. The first-order chi connectivity index (χ1) is 13.3. The zero-order chi connectivity index (χ0) is 20.8. The third-order valence-corrected chi connectivity index (χ3v) is 3.77. The minimum atomic E-state index is -1.25. The molecule has 0 aliphatic heterocycles. The van der Waals surface area contributed by atoms with Gasteiger partial charge in [0.1, 0.15) is 11.4 Å². The number of aromatic nitrogens is 1. The Morgan fingerprint density at radius 2 is 1.86 bits per heavy atom. The maximum Gasteiger partial charge on any atom is 0.346 e. The Balaban J connectivity index is 2.19. The summed E-state index contributed by atoms with van der Waals surface area (Å²) >= 11 is 5.72. The van der Waals surface area contributed by atoms with Crippen LogP contribution in [0.1, 0.15) is 17.3 Å². The van der Waals surface area contributed by atoms with Crippen LogP contribution in [0.3, 0.4) is 0 Å². The first-order valence-corrected chi connectivity index (χ1v) is 8.18. The molecule has 1 heterocycles. The standard InChI is InChI=1S/C17H16ClN3O7/c1-9(16(22)20-15-5-4-10(18)8-19-15)28-17(23)11-6-13(26-2)14(27-3)7-12(11)21(24)25/h4-9H,1-3H3,(H,19,20,22)/t9-/m1/s1. The maximum absolute atomic E-state index is 12.4. The third kappa shape index (κ3) is 4.86. The number of esters is 1. The highest BCUT2D eigenvalue weighted by atomic mass is 35.5. The molecule has 0 spiro atoms. The Hall–Kier alpha value is -3.40. The number of ether oxygens (including phenoxy) is 3. The van der Waals surface area contributed by atoms with Gasteiger partial charge in [-0.15, -0.1) is 0 Å². The molecule has 1 aromatic carbocycles. The first kappa shape index (κ1) is 20.9. The Kier molecular flexibility index (Phi) is 6.72. The molecule has 0 fully saturated rings. The van der Waals surface area contributed by atoms with E-state index in [1.165, 1.54) is 39.5 Å². The number of nitro benzene ring substituents is 1. The topological polar surface area (TPSA) is 130 Å². The zero-order valence-electron chi connectivity index (χ0n) is 15.1. The van der Waals surface area contributed by atoms with Gasteiger partial charge < -0.3 is 19.5 Å². The first-order valence-electron chi connectivity index (χ1n) is 7.80. The van der Waals surface area contributed by atoms with Gasteiger partial charge in [0, 0.05) is 12.3 Å². The molecular formula is C17H16ClN3O7. The van der Waals surface area contributed by atoms with Gasteiger partial charge in [0.25, 0.3) is 11.6 Å². The summed E-state index contributed by atoms with van der Waals surface area (Å²) in [7, 11) is 2.62. The van der Waals surface area contributed by atoms with Gasteiger partial charge in [0.2, 0.25) is 0 Å². The lowest BCUT2D eigenvalue weighted by Gasteiger charge is -2.14. The van der Waals surface area contributed by atoms with Gasteiger partial charge in [-0.3, -0.25) is 14.9 Å². The number of carbonyl (C=O) groups excluding carboxylic acids is 2. The number of nitro groups is 1. The minimum Gasteiger partial charge on any atom is -0.493 e. The van der Waals surface area contributed by atoms with E-state index in [-0.39, 0.29) is 22.9 Å². The number of benzene rings is 1. The van der Waals surface area contributed by atoms with Crippen LogP contribution < -0.4 is 14.8 Å². The molecule has 148 valence electrons. The average Bonchev–Trinajstić information content (AvgIpc) is 2.68. The summed E-state index contributed by atoms with van der Waals surface area (Å²) in [6.45, 7) is 1.32. The molecule has 1 atom stereocenters. The number of rotatable bonds is 7. The molecule has 0 radical (unpaired) electrons. The zero-order valence-corrected chi connectivity index (χ0v) is 15.9. The van der Waals surface area contributed by atoms with E-state index < -0.39 is 28.6 Å². The van der Waals surface area contributed by atoms with Crippen LogP contribution in [0.5, 0.6) is 11.5 Å². The molecule has 0 bridgehead atoms. The predicted octanol–water partition coefficient (Wildman–Crippen LogP) is 2.84. The van der Waals surface area contributed by atoms with E-state index in [1.54, 1.807) is 0 Å². The second-order valence-electron chi connectivity index (χ2n) is 5.38. The van der Waals surface area contributed by atoms with Gasteiger partial charge in [0.05, 0.1) is 30.2 Å². The molecule has 2 rings (SSSR count). The number of hydrogen-bond donors (Lipinski definition) is 1. The van der Waals surface area contributed by atoms with Crippen molar-refractivity contribution in [2.75, 3.05) is 19.5 Å². The molecule has 2 aromatic rings. The quantitative estimate of drug-likeness (QED) is 0.419. The van der Waals surface area contributed by atoms with Crippen LogP contribution in [0.2, 0.25) is 5.02 Å². The summed E-state index contributed by atoms with van der Waals surface area (Å²) in [4.78, 5) is 39.0. The molecule has 1 amide bonds. The van der Waals surface area contributed by atoms with Crippen LogP contribution in [-0.2, 0) is 9.53 Å². The molecule has 1 aromatic heterocycles. The van der Waals surface area contributed by atoms with Crippen molar-refractivity contribution in [2.45, 2.75) is 13.0 Å². The van der Waals surface area contributed by atoms with Gasteiger partial charge in [-0.05, 0) is 19.1 Å². The summed E-state index contributed by atoms with van der Waals surface area (Å²) in [5.74, 6) is -1.37. The van der Waals surface area contributed by atoms with Crippen molar-refractivity contribution in [2.24, 2.45) is 0 Å². The largest absolute Gasteiger partial charge is 0.493 e. The van der Waals surface area contributed by atoms with E-state index in [0.717, 1.165) is 12.1 Å². The van der Waals surface area contributed by atoms with Crippen LogP contribution in [0, 0.1) is 10.1 Å². The summed E-state index contributed by atoms with van der Waals surface area (Å²) < 4.78 is 15.1. The third-order valence-electron chi connectivity index (χ3n) is 3.55. The number of amides is 1. The highest BCUT2D eigenvalue weighted by molar-refractivity contribution is 6.30. The summed E-state index contributed by atoms with van der Waals surface area (Å²) in [6, 6.07) is 5.14. The van der Waals surface area contributed by atoms with Crippen LogP contribution in [-0.4, -0.2) is 42.1 Å². The lowest BCUT2D eigenvalue weighted by Crippen LogP contribution is -2.30. The van der Waals surface area contributed by atoms with E-state index in [2.05, 4.69) is 10.3 Å². The maximum atomic E-state index is 12.4. The highest BCUT2D eigenvalue weighted by Crippen LogP contribution is 2.35. The number of carbonyl (C=O) groups is 2. The van der Waals surface area contributed by atoms with Crippen molar-refractivity contribution < 1.29 is 28.7 Å². The van der Waals surface area contributed by atoms with Crippen LogP contribution in [0.25, 0.3) is 0 Å². The Morgan fingerprint density at radius 1 is 1.21 bits per heavy atom. The molecule has 28 heavy (non-hydrogen) atoms. The summed E-state index contributed by atoms with van der Waals surface area (Å²) in [5, 5.41) is 14.1. The van der Waals surface area contributed by atoms with E-state index in [1.807, 2.05) is 0 Å². The Bertz CT molecular complexity index is 902. The van der Waals surface area contributed by atoms with Gasteiger partial charge in [-0.2, -0.15) is 0 Å². The van der Waals surface area contributed by atoms with Gasteiger partial charge in [0.15, 0.2) is 17.6 Å². The van der Waals surface area contributed by atoms with Crippen LogP contribution >= 0.6 is 11.6 Å². The average molecular weight is 410 g/mol. The fraction of sp³-hybridized carbons (Fsp3) is 0.235. The molecule has 0 saturated carbocycles. The number of hydrogen-bond acceptors (Lipinski definition) is 8. The molecule has 11 heteroatoms. The van der Waals surface area contributed by atoms with Crippen molar-refractivity contribution in [3.63, 3.8) is 0 Å². The lowest BCUT2D eigenvalue weighted by molar-refractivity contribution is -0.385. The number of nitrogens with one attached hydrogen (secondary N) is 1. The van der Waals surface area contributed by atoms with E-state index in [0.29, 0.717) is 5.02 Å². The molecule has 0 aliphatic carbocycles. The second-order valence-corrected chi connectivity index (χ2v) is 5.82. The van der Waals surface area contributed by atoms with Gasteiger partial charge in [-0.1, -0.05) is 11.6 Å². The molecule has 0 saturated heterocycles. The number of halogens is 1. The van der Waals surface area contributed by atoms with E-state index >= 15 is 0 Å². The van der Waals surface area contributed by atoms with E-state index in [9.17, 15) is 19.7 Å². The number of anilines is 1. The van der Waals surface area contributed by atoms with Crippen molar-refractivity contribution in [1.29, 1.82) is 0 Å². The number of nitrogens with zero attached hydrogens (tertiary/aromatic N) is 2. The minimum absolute atomic E-state index is 0.0744. The van der Waals surface area contributed by atoms with E-state index in [4.69, 9.17) is 25.8 Å². The van der Waals surface area contributed by atoms with Crippen molar-refractivity contribution in [3.05, 3.63) is 51.2 Å². The number of methoxy groups -OCH3 is 2. The fourth-order valence-electron chi connectivity index (χ4n) is 2.14. The molecule has 10 nitrogen and oxygen atoms in total. The Labute approximate surface area is 164 Å². The van der Waals surface area contributed by atoms with Gasteiger partial charge in [-0.25, -0.2) is 9.78 Å². The molecule has 1 N–H and O–H groups in total. The fourth-order valence-corrected chi connectivity index (χ4v) is 2.25. The van der Waals surface area contributed by atoms with Gasteiger partial charge >= 0.3 is 5.97 Å². The second kappa shape index (κ2) is 9.00. The monoisotopic (exact) mass is 409 g/mol. The predicted molar refractivity (Wildman–Crippen MR) is 99.0 cm³/mol. The van der Waals surface area contributed by atoms with Crippen LogP contribution in [0.4, 0.5) is 11.5 Å². The summed E-state index contributed by atoms with van der Waals surface area (Å²) in [6.07, 6.45) is 0.0820.